The van der Waals surface area contributed by atoms with Crippen LogP contribution < -0.4 is 16.0 Å². The molecule has 0 aromatic heterocycles. The lowest BCUT2D eigenvalue weighted by Gasteiger charge is -2.28. The Morgan fingerprint density at radius 3 is 2.50 bits per heavy atom. The average molecular weight is 428 g/mol. The van der Waals surface area contributed by atoms with Crippen molar-refractivity contribution in [2.24, 2.45) is 0 Å². The van der Waals surface area contributed by atoms with E-state index in [-0.39, 0.29) is 36.0 Å². The zero-order valence-corrected chi connectivity index (χ0v) is 17.0. The Morgan fingerprint density at radius 1 is 1.10 bits per heavy atom. The smallest absolute Gasteiger partial charge is 0.251 e. The van der Waals surface area contributed by atoms with Crippen LogP contribution in [0.25, 0.3) is 0 Å². The number of hydrogen-bond donors (Lipinski definition) is 3. The third-order valence-corrected chi connectivity index (χ3v) is 6.39. The Bertz CT molecular complexity index is 962. The van der Waals surface area contributed by atoms with Crippen LogP contribution >= 0.6 is 11.8 Å². The molecule has 1 aliphatic carbocycles. The van der Waals surface area contributed by atoms with E-state index in [2.05, 4.69) is 16.0 Å². The van der Waals surface area contributed by atoms with E-state index in [1.807, 2.05) is 0 Å². The fourth-order valence-electron chi connectivity index (χ4n) is 3.18. The average Bonchev–Trinajstić information content (AvgIpc) is 3.55. The van der Waals surface area contributed by atoms with Gasteiger partial charge in [0.2, 0.25) is 11.8 Å². The van der Waals surface area contributed by atoms with E-state index in [0.717, 1.165) is 12.8 Å². The first-order chi connectivity index (χ1) is 14.5. The lowest BCUT2D eigenvalue weighted by molar-refractivity contribution is -0.126. The van der Waals surface area contributed by atoms with Crippen LogP contribution in [-0.4, -0.2) is 40.8 Å². The van der Waals surface area contributed by atoms with Crippen LogP contribution in [0.1, 0.15) is 28.8 Å². The summed E-state index contributed by atoms with van der Waals surface area (Å²) in [5, 5.41) is 7.97. The van der Waals surface area contributed by atoms with Crippen LogP contribution in [0, 0.1) is 5.82 Å². The maximum atomic E-state index is 13.8. The molecule has 2 aliphatic rings. The first-order valence-electron chi connectivity index (χ1n) is 9.87. The molecule has 0 radical (unpaired) electrons. The molecule has 3 N–H and O–H groups in total. The lowest BCUT2D eigenvalue weighted by Crippen LogP contribution is -2.52. The monoisotopic (exact) mass is 427 g/mol. The minimum atomic E-state index is -0.669. The standard InChI is InChI=1S/C22H22FN3O3S/c23-17-4-2-1-3-14(17)11-19-22(29)26-18(12-30-19)21(28)25-15-7-5-13(6-8-15)20(27)24-16-9-10-16/h1-8,16,18-19H,9-12H2,(H,24,27)(H,25,28)(H,26,29)/t18-,19+/m0/s1. The van der Waals surface area contributed by atoms with Crippen LogP contribution in [0.5, 0.6) is 0 Å². The molecule has 2 aromatic rings. The predicted octanol–water partition coefficient (Wildman–Crippen LogP) is 2.50. The van der Waals surface area contributed by atoms with Gasteiger partial charge in [0.25, 0.3) is 5.91 Å². The number of thioether (sulfide) groups is 1. The summed E-state index contributed by atoms with van der Waals surface area (Å²) in [5.41, 5.74) is 1.58. The van der Waals surface area contributed by atoms with Crippen molar-refractivity contribution < 1.29 is 18.8 Å². The van der Waals surface area contributed by atoms with Gasteiger partial charge < -0.3 is 16.0 Å². The van der Waals surface area contributed by atoms with Gasteiger partial charge in [-0.1, -0.05) is 18.2 Å². The highest BCUT2D eigenvalue weighted by atomic mass is 32.2. The molecular formula is C22H22FN3O3S. The number of nitrogens with one attached hydrogen (secondary N) is 3. The van der Waals surface area contributed by atoms with Gasteiger partial charge in [-0.15, -0.1) is 11.8 Å². The molecule has 2 aromatic carbocycles. The molecule has 4 rings (SSSR count). The van der Waals surface area contributed by atoms with Gasteiger partial charge in [-0.3, -0.25) is 14.4 Å². The van der Waals surface area contributed by atoms with Gasteiger partial charge in [0.15, 0.2) is 0 Å². The summed E-state index contributed by atoms with van der Waals surface area (Å²) in [4.78, 5) is 37.0. The summed E-state index contributed by atoms with van der Waals surface area (Å²) in [5.74, 6) is -0.650. The van der Waals surface area contributed by atoms with Crippen molar-refractivity contribution >= 4 is 35.2 Å². The first-order valence-corrected chi connectivity index (χ1v) is 10.9. The number of hydrogen-bond acceptors (Lipinski definition) is 4. The number of carbonyl (C=O) groups excluding carboxylic acids is 3. The second-order valence-corrected chi connectivity index (χ2v) is 8.73. The molecule has 8 heteroatoms. The highest BCUT2D eigenvalue weighted by Gasteiger charge is 2.33. The fourth-order valence-corrected chi connectivity index (χ4v) is 4.36. The van der Waals surface area contributed by atoms with E-state index in [1.165, 1.54) is 17.8 Å². The molecule has 6 nitrogen and oxygen atoms in total. The van der Waals surface area contributed by atoms with Crippen molar-refractivity contribution in [1.82, 2.24) is 10.6 Å². The van der Waals surface area contributed by atoms with E-state index in [1.54, 1.807) is 42.5 Å². The quantitative estimate of drug-likeness (QED) is 0.661. The minimum absolute atomic E-state index is 0.118. The van der Waals surface area contributed by atoms with Crippen molar-refractivity contribution in [2.75, 3.05) is 11.1 Å². The molecule has 1 saturated carbocycles. The summed E-state index contributed by atoms with van der Waals surface area (Å²) >= 11 is 1.35. The molecule has 0 unspecified atom stereocenters. The molecule has 0 spiro atoms. The normalized spacial score (nSPS) is 20.9. The summed E-state index contributed by atoms with van der Waals surface area (Å²) in [6, 6.07) is 12.6. The summed E-state index contributed by atoms with van der Waals surface area (Å²) in [6.07, 6.45) is 2.32. The van der Waals surface area contributed by atoms with E-state index in [4.69, 9.17) is 0 Å². The number of rotatable bonds is 6. The van der Waals surface area contributed by atoms with Crippen molar-refractivity contribution in [2.45, 2.75) is 36.6 Å². The van der Waals surface area contributed by atoms with Crippen LogP contribution in [0.2, 0.25) is 0 Å². The molecule has 2 fully saturated rings. The van der Waals surface area contributed by atoms with Crippen molar-refractivity contribution in [3.05, 3.63) is 65.5 Å². The number of halogens is 1. The second kappa shape index (κ2) is 8.87. The maximum absolute atomic E-state index is 13.8. The topological polar surface area (TPSA) is 87.3 Å². The number of benzene rings is 2. The molecule has 2 atom stereocenters. The molecule has 1 aliphatic heterocycles. The third-order valence-electron chi connectivity index (χ3n) is 5.08. The first kappa shape index (κ1) is 20.4. The SMILES string of the molecule is O=C(NC1CC1)c1ccc(NC(=O)[C@@H]2CS[C@H](Cc3ccccc3F)C(=O)N2)cc1. The van der Waals surface area contributed by atoms with Gasteiger partial charge in [-0.2, -0.15) is 0 Å². The van der Waals surface area contributed by atoms with Crippen molar-refractivity contribution in [3.63, 3.8) is 0 Å². The van der Waals surface area contributed by atoms with Crippen molar-refractivity contribution in [3.8, 4) is 0 Å². The van der Waals surface area contributed by atoms with Gasteiger partial charge >= 0.3 is 0 Å². The van der Waals surface area contributed by atoms with Crippen LogP contribution in [-0.2, 0) is 16.0 Å². The molecule has 1 heterocycles. The minimum Gasteiger partial charge on any atom is -0.349 e. The predicted molar refractivity (Wildman–Crippen MR) is 114 cm³/mol. The van der Waals surface area contributed by atoms with Gasteiger partial charge in [0.1, 0.15) is 11.9 Å². The Balaban J connectivity index is 1.29. The summed E-state index contributed by atoms with van der Waals surface area (Å²) < 4.78 is 13.8. The fraction of sp³-hybridized carbons (Fsp3) is 0.318. The Labute approximate surface area is 178 Å². The van der Waals surface area contributed by atoms with Crippen LogP contribution in [0.4, 0.5) is 10.1 Å². The number of amides is 3. The van der Waals surface area contributed by atoms with Gasteiger partial charge in [0.05, 0.1) is 5.25 Å². The summed E-state index contributed by atoms with van der Waals surface area (Å²) in [6.45, 7) is 0. The Hall–Kier alpha value is -2.87. The molecule has 3 amide bonds. The number of carbonyl (C=O) groups is 3. The van der Waals surface area contributed by atoms with E-state index in [9.17, 15) is 18.8 Å². The molecule has 1 saturated heterocycles. The van der Waals surface area contributed by atoms with Gasteiger partial charge in [0, 0.05) is 23.0 Å². The van der Waals surface area contributed by atoms with E-state index in [0.29, 0.717) is 22.6 Å². The van der Waals surface area contributed by atoms with Gasteiger partial charge in [-0.05, 0) is 55.2 Å². The Kier molecular flexibility index (Phi) is 6.03. The van der Waals surface area contributed by atoms with Gasteiger partial charge in [-0.25, -0.2) is 4.39 Å². The largest absolute Gasteiger partial charge is 0.349 e. The molecule has 156 valence electrons. The van der Waals surface area contributed by atoms with Crippen LogP contribution in [0.15, 0.2) is 48.5 Å². The highest BCUT2D eigenvalue weighted by Crippen LogP contribution is 2.24. The molecule has 30 heavy (non-hydrogen) atoms. The Morgan fingerprint density at radius 2 is 1.83 bits per heavy atom. The third kappa shape index (κ3) is 4.99. The number of anilines is 1. The highest BCUT2D eigenvalue weighted by molar-refractivity contribution is 8.00. The van der Waals surface area contributed by atoms with Crippen molar-refractivity contribution in [1.29, 1.82) is 0 Å². The lowest BCUT2D eigenvalue weighted by atomic mass is 10.1. The maximum Gasteiger partial charge on any atom is 0.251 e. The summed E-state index contributed by atoms with van der Waals surface area (Å²) in [7, 11) is 0. The second-order valence-electron chi connectivity index (χ2n) is 7.49. The van der Waals surface area contributed by atoms with E-state index < -0.39 is 11.3 Å². The zero-order chi connectivity index (χ0) is 21.1. The molecular weight excluding hydrogens is 405 g/mol. The van der Waals surface area contributed by atoms with E-state index >= 15 is 0 Å². The molecule has 0 bridgehead atoms. The zero-order valence-electron chi connectivity index (χ0n) is 16.2. The van der Waals surface area contributed by atoms with Crippen LogP contribution in [0.3, 0.4) is 0 Å².